The van der Waals surface area contributed by atoms with Crippen LogP contribution in [0.2, 0.25) is 0 Å². The monoisotopic (exact) mass is 240 g/mol. The van der Waals surface area contributed by atoms with Crippen molar-refractivity contribution in [3.05, 3.63) is 36.3 Å². The van der Waals surface area contributed by atoms with Gasteiger partial charge < -0.3 is 4.90 Å². The first-order chi connectivity index (χ1) is 8.83. The van der Waals surface area contributed by atoms with Crippen molar-refractivity contribution in [1.82, 2.24) is 15.0 Å². The lowest BCUT2D eigenvalue weighted by Gasteiger charge is -2.16. The Morgan fingerprint density at radius 3 is 2.72 bits per heavy atom. The molecule has 0 radical (unpaired) electrons. The first-order valence-electron chi connectivity index (χ1n) is 6.34. The van der Waals surface area contributed by atoms with Gasteiger partial charge in [-0.3, -0.25) is 4.98 Å². The lowest BCUT2D eigenvalue weighted by atomic mass is 10.2. The molecule has 18 heavy (non-hydrogen) atoms. The van der Waals surface area contributed by atoms with E-state index in [4.69, 9.17) is 0 Å². The molecule has 0 atom stereocenters. The summed E-state index contributed by atoms with van der Waals surface area (Å²) in [6.45, 7) is 4.15. The molecule has 1 saturated heterocycles. The van der Waals surface area contributed by atoms with Crippen molar-refractivity contribution >= 4 is 5.95 Å². The van der Waals surface area contributed by atoms with Crippen LogP contribution in [0.25, 0.3) is 11.3 Å². The fraction of sp³-hybridized carbons (Fsp3) is 0.357. The van der Waals surface area contributed by atoms with Crippen LogP contribution in [0.1, 0.15) is 18.5 Å². The molecule has 4 heteroatoms. The van der Waals surface area contributed by atoms with Gasteiger partial charge in [-0.25, -0.2) is 9.97 Å². The smallest absolute Gasteiger partial charge is 0.226 e. The topological polar surface area (TPSA) is 41.9 Å². The zero-order valence-corrected chi connectivity index (χ0v) is 10.5. The van der Waals surface area contributed by atoms with Gasteiger partial charge in [-0.15, -0.1) is 0 Å². The molecule has 2 aromatic heterocycles. The number of hydrogen-bond acceptors (Lipinski definition) is 4. The maximum absolute atomic E-state index is 4.66. The number of anilines is 1. The van der Waals surface area contributed by atoms with Gasteiger partial charge in [0.05, 0.1) is 5.69 Å². The number of rotatable bonds is 2. The van der Waals surface area contributed by atoms with Crippen LogP contribution in [-0.4, -0.2) is 28.0 Å². The Balaban J connectivity index is 2.00. The third kappa shape index (κ3) is 2.18. The first kappa shape index (κ1) is 11.1. The van der Waals surface area contributed by atoms with E-state index in [1.807, 2.05) is 31.3 Å². The molecule has 0 aromatic carbocycles. The molecule has 3 heterocycles. The third-order valence-electron chi connectivity index (χ3n) is 3.19. The fourth-order valence-corrected chi connectivity index (χ4v) is 2.27. The Kier molecular flexibility index (Phi) is 2.92. The molecule has 1 aliphatic rings. The van der Waals surface area contributed by atoms with E-state index in [1.54, 1.807) is 6.20 Å². The molecule has 0 spiro atoms. The SMILES string of the molecule is Cc1cc(-c2cccnc2)nc(N2CCCC2)n1. The molecule has 4 nitrogen and oxygen atoms in total. The normalized spacial score (nSPS) is 15.1. The lowest BCUT2D eigenvalue weighted by molar-refractivity contribution is 0.890. The molecule has 2 aromatic rings. The highest BCUT2D eigenvalue weighted by Gasteiger charge is 2.16. The van der Waals surface area contributed by atoms with Crippen LogP contribution in [0, 0.1) is 6.92 Å². The standard InChI is InChI=1S/C14H16N4/c1-11-9-13(12-5-4-6-15-10-12)17-14(16-11)18-7-2-3-8-18/h4-6,9-10H,2-3,7-8H2,1H3. The highest BCUT2D eigenvalue weighted by molar-refractivity contribution is 5.59. The van der Waals surface area contributed by atoms with Crippen LogP contribution in [0.3, 0.4) is 0 Å². The summed E-state index contributed by atoms with van der Waals surface area (Å²) >= 11 is 0. The molecule has 92 valence electrons. The number of aromatic nitrogens is 3. The molecular formula is C14H16N4. The molecule has 1 fully saturated rings. The maximum Gasteiger partial charge on any atom is 0.226 e. The average Bonchev–Trinajstić information content (AvgIpc) is 2.93. The minimum atomic E-state index is 0.853. The summed E-state index contributed by atoms with van der Waals surface area (Å²) in [5.74, 6) is 0.853. The van der Waals surface area contributed by atoms with Crippen molar-refractivity contribution in [3.8, 4) is 11.3 Å². The second-order valence-electron chi connectivity index (χ2n) is 4.63. The molecular weight excluding hydrogens is 224 g/mol. The van der Waals surface area contributed by atoms with Crippen molar-refractivity contribution in [3.63, 3.8) is 0 Å². The summed E-state index contributed by atoms with van der Waals surface area (Å²) in [5.41, 5.74) is 3.01. The zero-order valence-electron chi connectivity index (χ0n) is 10.5. The molecule has 0 bridgehead atoms. The van der Waals surface area contributed by atoms with Gasteiger partial charge >= 0.3 is 0 Å². The van der Waals surface area contributed by atoms with Gasteiger partial charge in [0.25, 0.3) is 0 Å². The van der Waals surface area contributed by atoms with Gasteiger partial charge in [0.1, 0.15) is 0 Å². The Morgan fingerprint density at radius 1 is 1.17 bits per heavy atom. The Bertz CT molecular complexity index is 533. The van der Waals surface area contributed by atoms with Crippen LogP contribution in [-0.2, 0) is 0 Å². The van der Waals surface area contributed by atoms with E-state index in [1.165, 1.54) is 12.8 Å². The second-order valence-corrected chi connectivity index (χ2v) is 4.63. The summed E-state index contributed by atoms with van der Waals surface area (Å²) < 4.78 is 0. The lowest BCUT2D eigenvalue weighted by Crippen LogP contribution is -2.20. The molecule has 1 aliphatic heterocycles. The van der Waals surface area contributed by atoms with Gasteiger partial charge in [-0.05, 0) is 38.0 Å². The number of aryl methyl sites for hydroxylation is 1. The van der Waals surface area contributed by atoms with Crippen molar-refractivity contribution in [1.29, 1.82) is 0 Å². The highest BCUT2D eigenvalue weighted by atomic mass is 15.3. The van der Waals surface area contributed by atoms with Crippen LogP contribution in [0.4, 0.5) is 5.95 Å². The van der Waals surface area contributed by atoms with E-state index in [2.05, 4.69) is 19.9 Å². The summed E-state index contributed by atoms with van der Waals surface area (Å²) in [6.07, 6.45) is 6.09. The minimum Gasteiger partial charge on any atom is -0.341 e. The van der Waals surface area contributed by atoms with Crippen molar-refractivity contribution in [2.24, 2.45) is 0 Å². The molecule has 0 N–H and O–H groups in total. The summed E-state index contributed by atoms with van der Waals surface area (Å²) in [6, 6.07) is 5.97. The Labute approximate surface area is 107 Å². The van der Waals surface area contributed by atoms with Gasteiger partial charge in [-0.1, -0.05) is 0 Å². The van der Waals surface area contributed by atoms with Crippen molar-refractivity contribution < 1.29 is 0 Å². The fourth-order valence-electron chi connectivity index (χ4n) is 2.27. The second kappa shape index (κ2) is 4.72. The van der Waals surface area contributed by atoms with E-state index in [0.717, 1.165) is 36.0 Å². The number of nitrogens with zero attached hydrogens (tertiary/aromatic N) is 4. The van der Waals surface area contributed by atoms with E-state index >= 15 is 0 Å². The summed E-state index contributed by atoms with van der Waals surface area (Å²) in [7, 11) is 0. The van der Waals surface area contributed by atoms with Crippen LogP contribution in [0.5, 0.6) is 0 Å². The quantitative estimate of drug-likeness (QED) is 0.808. The molecule has 0 amide bonds. The van der Waals surface area contributed by atoms with Gasteiger partial charge in [-0.2, -0.15) is 0 Å². The molecule has 3 rings (SSSR count). The highest BCUT2D eigenvalue weighted by Crippen LogP contribution is 2.21. The van der Waals surface area contributed by atoms with Crippen LogP contribution in [0.15, 0.2) is 30.6 Å². The van der Waals surface area contributed by atoms with Crippen molar-refractivity contribution in [2.75, 3.05) is 18.0 Å². The zero-order chi connectivity index (χ0) is 12.4. The average molecular weight is 240 g/mol. The van der Waals surface area contributed by atoms with E-state index in [9.17, 15) is 0 Å². The van der Waals surface area contributed by atoms with E-state index in [-0.39, 0.29) is 0 Å². The van der Waals surface area contributed by atoms with E-state index in [0.29, 0.717) is 0 Å². The molecule has 0 aliphatic carbocycles. The van der Waals surface area contributed by atoms with E-state index < -0.39 is 0 Å². The summed E-state index contributed by atoms with van der Waals surface area (Å²) in [5, 5.41) is 0. The Hall–Kier alpha value is -1.97. The number of hydrogen-bond donors (Lipinski definition) is 0. The predicted octanol–water partition coefficient (Wildman–Crippen LogP) is 2.45. The minimum absolute atomic E-state index is 0.853. The molecule has 0 saturated carbocycles. The van der Waals surface area contributed by atoms with Crippen molar-refractivity contribution in [2.45, 2.75) is 19.8 Å². The predicted molar refractivity (Wildman–Crippen MR) is 71.4 cm³/mol. The van der Waals surface area contributed by atoms with Crippen LogP contribution >= 0.6 is 0 Å². The van der Waals surface area contributed by atoms with Crippen LogP contribution < -0.4 is 4.90 Å². The number of pyridine rings is 1. The van der Waals surface area contributed by atoms with Gasteiger partial charge in [0.15, 0.2) is 0 Å². The molecule has 0 unspecified atom stereocenters. The van der Waals surface area contributed by atoms with Gasteiger partial charge in [0, 0.05) is 36.7 Å². The third-order valence-corrected chi connectivity index (χ3v) is 3.19. The maximum atomic E-state index is 4.66. The van der Waals surface area contributed by atoms with Gasteiger partial charge in [0.2, 0.25) is 5.95 Å². The largest absolute Gasteiger partial charge is 0.341 e. The first-order valence-corrected chi connectivity index (χ1v) is 6.34. The summed E-state index contributed by atoms with van der Waals surface area (Å²) in [4.78, 5) is 15.6. The Morgan fingerprint density at radius 2 is 2.00 bits per heavy atom.